The Morgan fingerprint density at radius 2 is 1.00 bits per heavy atom. The van der Waals surface area contributed by atoms with Crippen LogP contribution in [0, 0.1) is 4.91 Å². The molecule has 0 aliphatic carbocycles. The van der Waals surface area contributed by atoms with Crippen molar-refractivity contribution in [3.63, 3.8) is 0 Å². The van der Waals surface area contributed by atoms with E-state index in [4.69, 9.17) is 0 Å². The fourth-order valence-electron chi connectivity index (χ4n) is 3.20. The minimum absolute atomic E-state index is 0.179. The lowest BCUT2D eigenvalue weighted by Crippen LogP contribution is -2.26. The summed E-state index contributed by atoms with van der Waals surface area (Å²) in [6.45, 7) is 5.21. The molecule has 0 fully saturated rings. The summed E-state index contributed by atoms with van der Waals surface area (Å²) in [5.41, 5.74) is 0. The van der Waals surface area contributed by atoms with Crippen molar-refractivity contribution >= 4 is 0 Å². The molecule has 0 radical (unpaired) electrons. The van der Waals surface area contributed by atoms with Crippen molar-refractivity contribution in [3.8, 4) is 0 Å². The average molecular weight is 341 g/mol. The summed E-state index contributed by atoms with van der Waals surface area (Å²) < 4.78 is 0. The molecule has 0 amide bonds. The van der Waals surface area contributed by atoms with Gasteiger partial charge in [-0.3, -0.25) is 5.32 Å². The van der Waals surface area contributed by atoms with Crippen LogP contribution in [-0.2, 0) is 0 Å². The summed E-state index contributed by atoms with van der Waals surface area (Å²) in [6.07, 6.45) is 23.0. The van der Waals surface area contributed by atoms with Crippen molar-refractivity contribution in [1.82, 2.24) is 5.32 Å². The van der Waals surface area contributed by atoms with E-state index in [9.17, 15) is 4.91 Å². The van der Waals surface area contributed by atoms with Gasteiger partial charge < -0.3 is 0 Å². The van der Waals surface area contributed by atoms with Gasteiger partial charge in [0.2, 0.25) is 0 Å². The molecule has 0 rings (SSSR count). The molecular formula is C21H44N2O. The van der Waals surface area contributed by atoms with Gasteiger partial charge >= 0.3 is 0 Å². The van der Waals surface area contributed by atoms with Gasteiger partial charge in [-0.1, -0.05) is 115 Å². The number of nitrogens with one attached hydrogen (secondary N) is 1. The highest BCUT2D eigenvalue weighted by Gasteiger charge is 2.02. The van der Waals surface area contributed by atoms with Gasteiger partial charge in [-0.2, -0.15) is 0 Å². The van der Waals surface area contributed by atoms with Gasteiger partial charge in [0.25, 0.3) is 0 Å². The van der Waals surface area contributed by atoms with Crippen molar-refractivity contribution in [1.29, 1.82) is 0 Å². The van der Waals surface area contributed by atoms with Crippen LogP contribution in [0.25, 0.3) is 0 Å². The second-order valence-electron chi connectivity index (χ2n) is 7.29. The molecular weight excluding hydrogens is 296 g/mol. The maximum Gasteiger partial charge on any atom is 0.142 e. The molecule has 0 aromatic rings. The Kier molecular flexibility index (Phi) is 20.2. The van der Waals surface area contributed by atoms with Gasteiger partial charge in [-0.25, -0.2) is 0 Å². The molecule has 144 valence electrons. The maximum atomic E-state index is 10.4. The molecule has 0 saturated heterocycles. The van der Waals surface area contributed by atoms with Crippen molar-refractivity contribution in [2.75, 3.05) is 6.54 Å². The summed E-state index contributed by atoms with van der Waals surface area (Å²) in [4.78, 5) is 10.4. The van der Waals surface area contributed by atoms with Gasteiger partial charge in [0.05, 0.1) is 0 Å². The topological polar surface area (TPSA) is 41.5 Å². The maximum absolute atomic E-state index is 10.4. The van der Waals surface area contributed by atoms with E-state index in [1.165, 1.54) is 103 Å². The Bertz CT molecular complexity index is 246. The van der Waals surface area contributed by atoms with Crippen molar-refractivity contribution < 1.29 is 0 Å². The lowest BCUT2D eigenvalue weighted by atomic mass is 10.0. The highest BCUT2D eigenvalue weighted by atomic mass is 16.3. The predicted molar refractivity (Wildman–Crippen MR) is 107 cm³/mol. The number of nitrogens with zero attached hydrogens (tertiary/aromatic N) is 1. The van der Waals surface area contributed by atoms with Crippen LogP contribution >= 0.6 is 0 Å². The third-order valence-corrected chi connectivity index (χ3v) is 4.92. The lowest BCUT2D eigenvalue weighted by molar-refractivity contribution is 0.485. The number of hydrogen-bond donors (Lipinski definition) is 1. The molecule has 0 aliphatic heterocycles. The fourth-order valence-corrected chi connectivity index (χ4v) is 3.20. The molecule has 1 unspecified atom stereocenters. The van der Waals surface area contributed by atoms with Crippen LogP contribution in [0.2, 0.25) is 0 Å². The predicted octanol–water partition coefficient (Wildman–Crippen LogP) is 7.34. The van der Waals surface area contributed by atoms with Gasteiger partial charge in [0.15, 0.2) is 0 Å². The first-order valence-corrected chi connectivity index (χ1v) is 10.9. The SMILES string of the molecule is CCCCCCCCCCCCCCCCCCNC(CC)N=O. The Balaban J connectivity index is 3.04. The fraction of sp³-hybridized carbons (Fsp3) is 1.00. The summed E-state index contributed by atoms with van der Waals surface area (Å²) in [5, 5.41) is 6.25. The first-order valence-electron chi connectivity index (χ1n) is 10.9. The second-order valence-corrected chi connectivity index (χ2v) is 7.29. The van der Waals surface area contributed by atoms with Crippen molar-refractivity contribution in [3.05, 3.63) is 4.91 Å². The van der Waals surface area contributed by atoms with Crippen LogP contribution in [0.3, 0.4) is 0 Å². The Hall–Kier alpha value is -0.440. The van der Waals surface area contributed by atoms with E-state index in [-0.39, 0.29) is 6.17 Å². The number of rotatable bonds is 20. The molecule has 0 aromatic carbocycles. The first kappa shape index (κ1) is 23.6. The minimum Gasteiger partial charge on any atom is -0.293 e. The van der Waals surface area contributed by atoms with Gasteiger partial charge in [-0.15, -0.1) is 4.91 Å². The van der Waals surface area contributed by atoms with E-state index in [1.54, 1.807) is 0 Å². The summed E-state index contributed by atoms with van der Waals surface area (Å²) in [5.74, 6) is 0. The normalized spacial score (nSPS) is 12.4. The minimum atomic E-state index is -0.179. The Morgan fingerprint density at radius 3 is 1.33 bits per heavy atom. The largest absolute Gasteiger partial charge is 0.293 e. The molecule has 3 nitrogen and oxygen atoms in total. The van der Waals surface area contributed by atoms with Crippen LogP contribution < -0.4 is 5.32 Å². The van der Waals surface area contributed by atoms with Crippen LogP contribution in [0.15, 0.2) is 5.18 Å². The molecule has 0 aromatic heterocycles. The monoisotopic (exact) mass is 340 g/mol. The third kappa shape index (κ3) is 17.9. The Morgan fingerprint density at radius 1 is 0.625 bits per heavy atom. The van der Waals surface area contributed by atoms with E-state index in [0.29, 0.717) is 0 Å². The van der Waals surface area contributed by atoms with Gasteiger partial charge in [0, 0.05) is 0 Å². The molecule has 1 N–H and O–H groups in total. The lowest BCUT2D eigenvalue weighted by Gasteiger charge is -2.08. The van der Waals surface area contributed by atoms with Gasteiger partial charge in [-0.05, 0) is 19.4 Å². The zero-order valence-corrected chi connectivity index (χ0v) is 16.7. The standard InChI is InChI=1S/C21H44N2O/c1-3-5-6-7-8-9-10-11-12-13-14-15-16-17-18-19-20-22-21(4-2)23-24/h21-22H,3-20H2,1-2H3. The van der Waals surface area contributed by atoms with Crippen LogP contribution in [-0.4, -0.2) is 12.7 Å². The van der Waals surface area contributed by atoms with E-state index < -0.39 is 0 Å². The van der Waals surface area contributed by atoms with Crippen molar-refractivity contribution in [2.45, 2.75) is 129 Å². The van der Waals surface area contributed by atoms with Crippen LogP contribution in [0.4, 0.5) is 0 Å². The smallest absolute Gasteiger partial charge is 0.142 e. The van der Waals surface area contributed by atoms with Crippen LogP contribution in [0.5, 0.6) is 0 Å². The highest BCUT2D eigenvalue weighted by molar-refractivity contribution is 4.60. The molecule has 0 saturated carbocycles. The van der Waals surface area contributed by atoms with E-state index in [0.717, 1.165) is 13.0 Å². The zero-order valence-electron chi connectivity index (χ0n) is 16.7. The average Bonchev–Trinajstić information content (AvgIpc) is 2.61. The third-order valence-electron chi connectivity index (χ3n) is 4.92. The second kappa shape index (κ2) is 20.6. The van der Waals surface area contributed by atoms with E-state index in [1.807, 2.05) is 6.92 Å². The van der Waals surface area contributed by atoms with E-state index >= 15 is 0 Å². The molecule has 0 aliphatic rings. The molecule has 24 heavy (non-hydrogen) atoms. The highest BCUT2D eigenvalue weighted by Crippen LogP contribution is 2.13. The molecule has 3 heteroatoms. The van der Waals surface area contributed by atoms with E-state index in [2.05, 4.69) is 17.4 Å². The molecule has 0 heterocycles. The number of hydrogen-bond acceptors (Lipinski definition) is 3. The number of unbranched alkanes of at least 4 members (excludes halogenated alkanes) is 15. The summed E-state index contributed by atoms with van der Waals surface area (Å²) in [7, 11) is 0. The zero-order chi connectivity index (χ0) is 17.7. The molecule has 1 atom stereocenters. The van der Waals surface area contributed by atoms with Crippen LogP contribution in [0.1, 0.15) is 123 Å². The van der Waals surface area contributed by atoms with Gasteiger partial charge in [0.1, 0.15) is 6.17 Å². The number of nitroso groups, excluding NO2 is 1. The summed E-state index contributed by atoms with van der Waals surface area (Å²) in [6, 6.07) is 0. The quantitative estimate of drug-likeness (QED) is 0.186. The summed E-state index contributed by atoms with van der Waals surface area (Å²) >= 11 is 0. The van der Waals surface area contributed by atoms with Crippen molar-refractivity contribution in [2.24, 2.45) is 5.18 Å². The molecule has 0 spiro atoms. The Labute approximate surface area is 151 Å². The molecule has 0 bridgehead atoms. The first-order chi connectivity index (χ1) is 11.8.